The number of nitrogens with zero attached hydrogens (tertiary/aromatic N) is 3. The van der Waals surface area contributed by atoms with Crippen LogP contribution in [0.2, 0.25) is 0 Å². The second-order valence-electron chi connectivity index (χ2n) is 9.44. The molecule has 4 saturated heterocycles. The average molecular weight is 424 g/mol. The summed E-state index contributed by atoms with van der Waals surface area (Å²) in [6.45, 7) is 10.2. The summed E-state index contributed by atoms with van der Waals surface area (Å²) < 4.78 is 38.1. The van der Waals surface area contributed by atoms with E-state index in [9.17, 15) is 0 Å². The van der Waals surface area contributed by atoms with Crippen LogP contribution in [0.25, 0.3) is 0 Å². The molecule has 4 aliphatic heterocycles. The van der Waals surface area contributed by atoms with E-state index in [1.54, 1.807) is 0 Å². The zero-order chi connectivity index (χ0) is 20.9. The van der Waals surface area contributed by atoms with Crippen molar-refractivity contribution in [2.24, 2.45) is 0 Å². The molecule has 1 N–H and O–H groups in total. The van der Waals surface area contributed by atoms with E-state index in [1.165, 1.54) is 12.8 Å². The predicted octanol–water partition coefficient (Wildman–Crippen LogP) is 0.943. The third-order valence-corrected chi connectivity index (χ3v) is 6.00. The Morgan fingerprint density at radius 2 is 2.03 bits per heavy atom. The van der Waals surface area contributed by atoms with Crippen LogP contribution in [0.4, 0.5) is 0 Å². The molecule has 1 unspecified atom stereocenters. The Kier molecular flexibility index (Phi) is 5.37. The molecule has 0 saturated carbocycles. The van der Waals surface area contributed by atoms with Gasteiger partial charge in [0.1, 0.15) is 30.1 Å². The maximum Gasteiger partial charge on any atom is 0.190 e. The maximum absolute atomic E-state index is 6.28. The third kappa shape index (κ3) is 4.27. The van der Waals surface area contributed by atoms with Crippen LogP contribution in [-0.4, -0.2) is 76.5 Å². The van der Waals surface area contributed by atoms with Gasteiger partial charge in [-0.25, -0.2) is 0 Å². The van der Waals surface area contributed by atoms with E-state index in [-0.39, 0.29) is 24.4 Å². The summed E-state index contributed by atoms with van der Waals surface area (Å²) in [6.07, 6.45) is 2.52. The van der Waals surface area contributed by atoms with Gasteiger partial charge in [0, 0.05) is 6.04 Å². The van der Waals surface area contributed by atoms with Crippen molar-refractivity contribution >= 4 is 0 Å². The van der Waals surface area contributed by atoms with Crippen molar-refractivity contribution in [3.63, 3.8) is 0 Å². The Morgan fingerprint density at radius 3 is 2.77 bits per heavy atom. The smallest absolute Gasteiger partial charge is 0.190 e. The highest BCUT2D eigenvalue weighted by molar-refractivity contribution is 5.00. The number of aromatic nitrogens is 3. The maximum atomic E-state index is 6.28. The first-order chi connectivity index (χ1) is 14.3. The first-order valence-corrected chi connectivity index (χ1v) is 10.8. The molecule has 1 aromatic rings. The van der Waals surface area contributed by atoms with Gasteiger partial charge in [-0.15, -0.1) is 5.10 Å². The lowest BCUT2D eigenvalue weighted by Gasteiger charge is -2.28. The molecule has 10 nitrogen and oxygen atoms in total. The van der Waals surface area contributed by atoms with Crippen LogP contribution in [0.5, 0.6) is 0 Å². The summed E-state index contributed by atoms with van der Waals surface area (Å²) in [4.78, 5) is 0. The minimum atomic E-state index is -0.717. The summed E-state index contributed by atoms with van der Waals surface area (Å²) in [6, 6.07) is 0.461. The van der Waals surface area contributed by atoms with Crippen molar-refractivity contribution in [2.45, 2.75) is 102 Å². The molecule has 5 rings (SSSR count). The summed E-state index contributed by atoms with van der Waals surface area (Å²) in [5, 5.41) is 12.0. The van der Waals surface area contributed by atoms with Crippen molar-refractivity contribution in [1.29, 1.82) is 0 Å². The topological polar surface area (TPSA) is 98.1 Å². The molecule has 0 bridgehead atoms. The van der Waals surface area contributed by atoms with Gasteiger partial charge in [0.25, 0.3) is 0 Å². The Bertz CT molecular complexity index is 749. The van der Waals surface area contributed by atoms with E-state index >= 15 is 0 Å². The van der Waals surface area contributed by atoms with Gasteiger partial charge in [0.15, 0.2) is 17.9 Å². The van der Waals surface area contributed by atoms with Crippen LogP contribution in [0.1, 0.15) is 46.2 Å². The highest BCUT2D eigenvalue weighted by Crippen LogP contribution is 2.42. The molecule has 0 spiro atoms. The van der Waals surface area contributed by atoms with Gasteiger partial charge in [-0.1, -0.05) is 5.21 Å². The van der Waals surface area contributed by atoms with E-state index in [1.807, 2.05) is 38.6 Å². The standard InChI is InChI=1S/C20H32N4O6/c1-19(2)26-11-14(28-19)15-16(17-18(27-15)30-20(3,4)29-17)25-10-13-9-24(23-22-13)8-12-6-5-7-21-12/h9,12,14-18,21H,5-8,10-11H2,1-4H3/t12-,14?,15+,16-,17+,18+/m0/s1. The largest absolute Gasteiger partial charge is 0.366 e. The normalized spacial score (nSPS) is 39.6. The zero-order valence-corrected chi connectivity index (χ0v) is 18.1. The number of nitrogens with one attached hydrogen (secondary N) is 1. The Morgan fingerprint density at radius 1 is 1.17 bits per heavy atom. The number of hydrogen-bond donors (Lipinski definition) is 1. The van der Waals surface area contributed by atoms with E-state index in [2.05, 4.69) is 15.6 Å². The summed E-state index contributed by atoms with van der Waals surface area (Å²) >= 11 is 0. The highest BCUT2D eigenvalue weighted by atomic mass is 16.8. The highest BCUT2D eigenvalue weighted by Gasteiger charge is 2.58. The SMILES string of the molecule is CC1(C)OCC([C@H]2O[C@@H]3OC(C)(C)O[C@@H]3[C@H]2OCc2cn(C[C@@H]3CCCN3)nn2)O1. The molecule has 0 amide bonds. The van der Waals surface area contributed by atoms with Crippen molar-refractivity contribution in [3.05, 3.63) is 11.9 Å². The second-order valence-corrected chi connectivity index (χ2v) is 9.44. The average Bonchev–Trinajstić information content (AvgIpc) is 3.45. The third-order valence-electron chi connectivity index (χ3n) is 6.00. The molecule has 0 aliphatic carbocycles. The Labute approximate surface area is 176 Å². The molecule has 0 radical (unpaired) electrons. The summed E-state index contributed by atoms with van der Waals surface area (Å²) in [5.74, 6) is -1.36. The monoisotopic (exact) mass is 424 g/mol. The van der Waals surface area contributed by atoms with Crippen molar-refractivity contribution in [3.8, 4) is 0 Å². The van der Waals surface area contributed by atoms with Crippen LogP contribution in [0.15, 0.2) is 6.20 Å². The Balaban J connectivity index is 1.25. The van der Waals surface area contributed by atoms with Crippen LogP contribution >= 0.6 is 0 Å². The fraction of sp³-hybridized carbons (Fsp3) is 0.900. The van der Waals surface area contributed by atoms with Crippen LogP contribution in [0, 0.1) is 0 Å². The van der Waals surface area contributed by atoms with Gasteiger partial charge < -0.3 is 33.7 Å². The lowest BCUT2D eigenvalue weighted by atomic mass is 10.1. The van der Waals surface area contributed by atoms with E-state index in [4.69, 9.17) is 28.4 Å². The molecule has 1 aromatic heterocycles. The van der Waals surface area contributed by atoms with Gasteiger partial charge in [0.05, 0.1) is 26.0 Å². The predicted molar refractivity (Wildman–Crippen MR) is 103 cm³/mol. The van der Waals surface area contributed by atoms with Crippen LogP contribution in [-0.2, 0) is 41.6 Å². The zero-order valence-electron chi connectivity index (χ0n) is 18.1. The summed E-state index contributed by atoms with van der Waals surface area (Å²) in [5.41, 5.74) is 0.775. The van der Waals surface area contributed by atoms with Crippen LogP contribution in [0.3, 0.4) is 0 Å². The number of rotatable bonds is 6. The van der Waals surface area contributed by atoms with Gasteiger partial charge in [-0.3, -0.25) is 4.68 Å². The lowest BCUT2D eigenvalue weighted by molar-refractivity contribution is -0.236. The molecule has 5 heterocycles. The van der Waals surface area contributed by atoms with E-state index in [0.717, 1.165) is 18.8 Å². The molecule has 4 fully saturated rings. The van der Waals surface area contributed by atoms with Gasteiger partial charge in [-0.2, -0.15) is 0 Å². The molecule has 4 aliphatic rings. The van der Waals surface area contributed by atoms with Crippen LogP contribution < -0.4 is 5.32 Å². The van der Waals surface area contributed by atoms with E-state index in [0.29, 0.717) is 19.3 Å². The molecule has 10 heteroatoms. The molecule has 6 atom stereocenters. The number of hydrogen-bond acceptors (Lipinski definition) is 9. The minimum Gasteiger partial charge on any atom is -0.366 e. The molecular formula is C20H32N4O6. The quantitative estimate of drug-likeness (QED) is 0.715. The van der Waals surface area contributed by atoms with Crippen molar-refractivity contribution in [2.75, 3.05) is 13.2 Å². The number of ether oxygens (including phenoxy) is 6. The minimum absolute atomic E-state index is 0.255. The van der Waals surface area contributed by atoms with Gasteiger partial charge in [0.2, 0.25) is 0 Å². The fourth-order valence-corrected chi connectivity index (χ4v) is 4.68. The van der Waals surface area contributed by atoms with E-state index < -0.39 is 17.9 Å². The summed E-state index contributed by atoms with van der Waals surface area (Å²) in [7, 11) is 0. The molecular weight excluding hydrogens is 392 g/mol. The van der Waals surface area contributed by atoms with Gasteiger partial charge in [-0.05, 0) is 47.1 Å². The fourth-order valence-electron chi connectivity index (χ4n) is 4.68. The van der Waals surface area contributed by atoms with Gasteiger partial charge >= 0.3 is 0 Å². The van der Waals surface area contributed by atoms with Crippen molar-refractivity contribution < 1.29 is 28.4 Å². The Hall–Kier alpha value is -1.14. The first-order valence-electron chi connectivity index (χ1n) is 10.8. The molecule has 168 valence electrons. The molecule has 0 aromatic carbocycles. The van der Waals surface area contributed by atoms with Crippen molar-refractivity contribution in [1.82, 2.24) is 20.3 Å². The lowest BCUT2D eigenvalue weighted by Crippen LogP contribution is -2.44. The second kappa shape index (κ2) is 7.77. The number of fused-ring (bicyclic) bond motifs is 1. The molecule has 30 heavy (non-hydrogen) atoms. The first kappa shape index (κ1) is 20.7.